The minimum absolute atomic E-state index is 0.0253. The third-order valence-electron chi connectivity index (χ3n) is 3.99. The predicted octanol–water partition coefficient (Wildman–Crippen LogP) is 3.67. The first-order valence-electron chi connectivity index (χ1n) is 9.28. The van der Waals surface area contributed by atoms with E-state index in [0.29, 0.717) is 35.2 Å². The van der Waals surface area contributed by atoms with Crippen LogP contribution in [0.4, 0.5) is 0 Å². The zero-order valence-corrected chi connectivity index (χ0v) is 19.9. The van der Waals surface area contributed by atoms with E-state index in [4.69, 9.17) is 21.7 Å². The fraction of sp³-hybridized carbons (Fsp3) is 0.286. The summed E-state index contributed by atoms with van der Waals surface area (Å²) in [7, 11) is 1.56. The molecule has 0 saturated heterocycles. The summed E-state index contributed by atoms with van der Waals surface area (Å²) in [5.74, 6) is 1.03. The lowest BCUT2D eigenvalue weighted by atomic mass is 10.1. The lowest BCUT2D eigenvalue weighted by Crippen LogP contribution is -2.48. The van der Waals surface area contributed by atoms with Crippen molar-refractivity contribution in [3.63, 3.8) is 0 Å². The molecule has 7 nitrogen and oxygen atoms in total. The van der Waals surface area contributed by atoms with Crippen molar-refractivity contribution >= 4 is 51.7 Å². The number of ether oxygens (including phenoxy) is 2. The van der Waals surface area contributed by atoms with Crippen LogP contribution in [0.1, 0.15) is 41.0 Å². The highest BCUT2D eigenvalue weighted by Crippen LogP contribution is 2.21. The van der Waals surface area contributed by atoms with Crippen LogP contribution < -0.4 is 25.6 Å². The highest BCUT2D eigenvalue weighted by Gasteiger charge is 2.12. The van der Waals surface area contributed by atoms with Gasteiger partial charge in [-0.15, -0.1) is 0 Å². The predicted molar refractivity (Wildman–Crippen MR) is 128 cm³/mol. The zero-order chi connectivity index (χ0) is 22.1. The van der Waals surface area contributed by atoms with E-state index < -0.39 is 11.8 Å². The summed E-state index contributed by atoms with van der Waals surface area (Å²) < 4.78 is 11.6. The average Bonchev–Trinajstić information content (AvgIpc) is 2.71. The molecule has 30 heavy (non-hydrogen) atoms. The first kappa shape index (κ1) is 23.9. The van der Waals surface area contributed by atoms with Crippen molar-refractivity contribution in [3.8, 4) is 11.5 Å². The Hall–Kier alpha value is -2.40. The first-order chi connectivity index (χ1) is 14.3. The van der Waals surface area contributed by atoms with E-state index in [9.17, 15) is 9.59 Å². The fourth-order valence-electron chi connectivity index (χ4n) is 2.34. The van der Waals surface area contributed by atoms with Crippen LogP contribution in [0.3, 0.4) is 0 Å². The van der Waals surface area contributed by atoms with Crippen molar-refractivity contribution in [2.75, 3.05) is 13.7 Å². The van der Waals surface area contributed by atoms with Gasteiger partial charge in [-0.2, -0.15) is 0 Å². The number of thiocarbonyl (C=S) groups is 1. The topological polar surface area (TPSA) is 88.7 Å². The molecule has 160 valence electrons. The summed E-state index contributed by atoms with van der Waals surface area (Å²) in [4.78, 5) is 24.6. The van der Waals surface area contributed by atoms with Gasteiger partial charge in [0.25, 0.3) is 11.8 Å². The van der Waals surface area contributed by atoms with Gasteiger partial charge >= 0.3 is 0 Å². The second kappa shape index (κ2) is 11.7. The lowest BCUT2D eigenvalue weighted by molar-refractivity contribution is 0.0934. The molecule has 0 bridgehead atoms. The Bertz CT molecular complexity index is 921. The normalized spacial score (nSPS) is 10.3. The van der Waals surface area contributed by atoms with E-state index in [2.05, 4.69) is 52.6 Å². The molecule has 9 heteroatoms. The van der Waals surface area contributed by atoms with Crippen LogP contribution in [0.25, 0.3) is 0 Å². The molecule has 2 rings (SSSR count). The number of hydrogen-bond acceptors (Lipinski definition) is 5. The minimum atomic E-state index is -0.407. The van der Waals surface area contributed by atoms with Crippen LogP contribution in [0, 0.1) is 9.49 Å². The van der Waals surface area contributed by atoms with Crippen molar-refractivity contribution in [1.82, 2.24) is 16.2 Å². The molecule has 2 amide bonds. The summed E-state index contributed by atoms with van der Waals surface area (Å²) >= 11 is 7.16. The second-order valence-electron chi connectivity index (χ2n) is 6.77. The van der Waals surface area contributed by atoms with E-state index >= 15 is 0 Å². The second-order valence-corrected chi connectivity index (χ2v) is 8.34. The molecule has 0 aliphatic heterocycles. The van der Waals surface area contributed by atoms with Crippen LogP contribution in [0.5, 0.6) is 11.5 Å². The monoisotopic (exact) mass is 541 g/mol. The van der Waals surface area contributed by atoms with Crippen molar-refractivity contribution in [1.29, 1.82) is 0 Å². The zero-order valence-electron chi connectivity index (χ0n) is 17.0. The number of methoxy groups -OCH3 is 1. The number of carbonyl (C=O) groups is 2. The summed E-state index contributed by atoms with van der Waals surface area (Å²) in [6.45, 7) is 4.82. The molecular formula is C21H24IN3O4S. The largest absolute Gasteiger partial charge is 0.496 e. The SMILES string of the molecule is COc1ccc(C(=O)NNC(=S)NC(=O)c2cccc(OCCC(C)C)c2)cc1I. The molecule has 0 aliphatic carbocycles. The summed E-state index contributed by atoms with van der Waals surface area (Å²) in [6, 6.07) is 11.9. The number of benzene rings is 2. The maximum absolute atomic E-state index is 12.4. The van der Waals surface area contributed by atoms with Crippen molar-refractivity contribution in [2.45, 2.75) is 20.3 Å². The van der Waals surface area contributed by atoms with E-state index in [1.807, 2.05) is 0 Å². The van der Waals surface area contributed by atoms with Crippen molar-refractivity contribution in [3.05, 3.63) is 57.2 Å². The van der Waals surface area contributed by atoms with E-state index in [-0.39, 0.29) is 5.11 Å². The van der Waals surface area contributed by atoms with Gasteiger partial charge in [-0.25, -0.2) is 0 Å². The quantitative estimate of drug-likeness (QED) is 0.282. The molecule has 0 heterocycles. The minimum Gasteiger partial charge on any atom is -0.496 e. The van der Waals surface area contributed by atoms with Gasteiger partial charge in [0.1, 0.15) is 11.5 Å². The maximum Gasteiger partial charge on any atom is 0.269 e. The van der Waals surface area contributed by atoms with Gasteiger partial charge in [-0.1, -0.05) is 19.9 Å². The van der Waals surface area contributed by atoms with Gasteiger partial charge in [0, 0.05) is 11.1 Å². The molecular weight excluding hydrogens is 517 g/mol. The van der Waals surface area contributed by atoms with Gasteiger partial charge in [-0.05, 0) is 83.5 Å². The van der Waals surface area contributed by atoms with Crippen molar-refractivity contribution < 1.29 is 19.1 Å². The molecule has 0 fully saturated rings. The first-order valence-corrected chi connectivity index (χ1v) is 10.8. The Kier molecular flexibility index (Phi) is 9.31. The highest BCUT2D eigenvalue weighted by atomic mass is 127. The molecule has 0 radical (unpaired) electrons. The standard InChI is InChI=1S/C21H24IN3O4S/c1-13(2)9-10-29-16-6-4-5-14(11-16)19(26)23-21(30)25-24-20(27)15-7-8-18(28-3)17(22)12-15/h4-8,11-13H,9-10H2,1-3H3,(H,24,27)(H2,23,25,26,30). The molecule has 3 N–H and O–H groups in total. The Morgan fingerprint density at radius 1 is 1.07 bits per heavy atom. The smallest absolute Gasteiger partial charge is 0.269 e. The Labute approximate surface area is 195 Å². The Balaban J connectivity index is 1.86. The van der Waals surface area contributed by atoms with E-state index in [1.165, 1.54) is 0 Å². The third-order valence-corrected chi connectivity index (χ3v) is 5.04. The number of amides is 2. The van der Waals surface area contributed by atoms with E-state index in [0.717, 1.165) is 9.99 Å². The van der Waals surface area contributed by atoms with Gasteiger partial charge < -0.3 is 9.47 Å². The van der Waals surface area contributed by atoms with Gasteiger partial charge in [-0.3, -0.25) is 25.8 Å². The van der Waals surface area contributed by atoms with Crippen molar-refractivity contribution in [2.24, 2.45) is 5.92 Å². The molecule has 2 aromatic rings. The molecule has 0 atom stereocenters. The fourth-order valence-corrected chi connectivity index (χ4v) is 3.22. The number of nitrogens with one attached hydrogen (secondary N) is 3. The highest BCUT2D eigenvalue weighted by molar-refractivity contribution is 14.1. The average molecular weight is 541 g/mol. The molecule has 0 unspecified atom stereocenters. The Morgan fingerprint density at radius 2 is 1.80 bits per heavy atom. The van der Waals surface area contributed by atoms with Crippen LogP contribution in [0.15, 0.2) is 42.5 Å². The third kappa shape index (κ3) is 7.45. The molecule has 0 saturated carbocycles. The van der Waals surface area contributed by atoms with Crippen LogP contribution in [0.2, 0.25) is 0 Å². The summed E-state index contributed by atoms with van der Waals surface area (Å²) in [5, 5.41) is 2.50. The summed E-state index contributed by atoms with van der Waals surface area (Å²) in [6.07, 6.45) is 0.928. The van der Waals surface area contributed by atoms with Crippen LogP contribution >= 0.6 is 34.8 Å². The summed E-state index contributed by atoms with van der Waals surface area (Å²) in [5.41, 5.74) is 5.81. The number of rotatable bonds is 7. The molecule has 0 spiro atoms. The lowest BCUT2D eigenvalue weighted by Gasteiger charge is -2.12. The van der Waals surface area contributed by atoms with Gasteiger partial charge in [0.15, 0.2) is 5.11 Å². The Morgan fingerprint density at radius 3 is 2.47 bits per heavy atom. The van der Waals surface area contributed by atoms with Crippen LogP contribution in [-0.2, 0) is 0 Å². The number of hydrogen-bond donors (Lipinski definition) is 3. The maximum atomic E-state index is 12.4. The molecule has 0 aromatic heterocycles. The van der Waals surface area contributed by atoms with E-state index in [1.54, 1.807) is 49.6 Å². The number of halogens is 1. The van der Waals surface area contributed by atoms with Gasteiger partial charge in [0.2, 0.25) is 0 Å². The number of hydrazine groups is 1. The van der Waals surface area contributed by atoms with Gasteiger partial charge in [0.05, 0.1) is 17.3 Å². The molecule has 2 aromatic carbocycles. The van der Waals surface area contributed by atoms with Crippen LogP contribution in [-0.4, -0.2) is 30.6 Å². The molecule has 0 aliphatic rings. The number of carbonyl (C=O) groups excluding carboxylic acids is 2.